The Morgan fingerprint density at radius 1 is 0.970 bits per heavy atom. The molecule has 0 unspecified atom stereocenters. The summed E-state index contributed by atoms with van der Waals surface area (Å²) in [4.78, 5) is 21.3. The Hall–Kier alpha value is -3.70. The highest BCUT2D eigenvalue weighted by Crippen LogP contribution is 2.23. The number of nitrogens with one attached hydrogen (secondary N) is 1. The Labute approximate surface area is 198 Å². The molecule has 0 saturated heterocycles. The molecule has 166 valence electrons. The zero-order chi connectivity index (χ0) is 23.0. The van der Waals surface area contributed by atoms with Gasteiger partial charge in [0, 0.05) is 47.8 Å². The van der Waals surface area contributed by atoms with Crippen LogP contribution >= 0.6 is 11.6 Å². The summed E-state index contributed by atoms with van der Waals surface area (Å²) in [6, 6.07) is 20.8. The maximum Gasteiger partial charge on any atom is 0.255 e. The number of ether oxygens (including phenoxy) is 1. The summed E-state index contributed by atoms with van der Waals surface area (Å²) in [5.41, 5.74) is 6.48. The molecule has 0 saturated carbocycles. The molecule has 0 aliphatic carbocycles. The zero-order valence-electron chi connectivity index (χ0n) is 18.3. The van der Waals surface area contributed by atoms with E-state index in [-0.39, 0.29) is 5.91 Å². The summed E-state index contributed by atoms with van der Waals surface area (Å²) in [5.74, 6) is 0.990. The number of anilines is 1. The van der Waals surface area contributed by atoms with Gasteiger partial charge in [0.15, 0.2) is 0 Å². The molecule has 0 aliphatic rings. The number of benzene rings is 2. The largest absolute Gasteiger partial charge is 0.489 e. The van der Waals surface area contributed by atoms with Gasteiger partial charge in [-0.1, -0.05) is 12.1 Å². The van der Waals surface area contributed by atoms with Crippen LogP contribution in [0.4, 0.5) is 5.69 Å². The molecule has 0 fully saturated rings. The Balaban J connectivity index is 1.41. The maximum absolute atomic E-state index is 12.8. The number of nitrogens with zero attached hydrogens (tertiary/aromatic N) is 2. The number of hydrogen-bond acceptors (Lipinski definition) is 4. The van der Waals surface area contributed by atoms with Crippen molar-refractivity contribution in [3.8, 4) is 5.75 Å². The average molecular weight is 458 g/mol. The molecule has 0 aliphatic heterocycles. The van der Waals surface area contributed by atoms with Crippen molar-refractivity contribution < 1.29 is 9.53 Å². The van der Waals surface area contributed by atoms with Crippen molar-refractivity contribution in [2.45, 2.75) is 25.8 Å². The Morgan fingerprint density at radius 3 is 2.48 bits per heavy atom. The first kappa shape index (κ1) is 22.5. The van der Waals surface area contributed by atoms with Crippen molar-refractivity contribution >= 4 is 23.2 Å². The number of carbonyl (C=O) groups is 1. The second-order valence-electron chi connectivity index (χ2n) is 7.68. The summed E-state index contributed by atoms with van der Waals surface area (Å²) >= 11 is 5.94. The fourth-order valence-corrected chi connectivity index (χ4v) is 3.62. The third-order valence-corrected chi connectivity index (χ3v) is 5.68. The highest BCUT2D eigenvalue weighted by molar-refractivity contribution is 6.17. The first-order valence-corrected chi connectivity index (χ1v) is 11.2. The fourth-order valence-electron chi connectivity index (χ4n) is 3.46. The summed E-state index contributed by atoms with van der Waals surface area (Å²) < 4.78 is 5.78. The van der Waals surface area contributed by atoms with Gasteiger partial charge in [0.2, 0.25) is 0 Å². The molecule has 0 atom stereocenters. The van der Waals surface area contributed by atoms with Crippen molar-refractivity contribution in [3.05, 3.63) is 119 Å². The van der Waals surface area contributed by atoms with Crippen LogP contribution in [0.3, 0.4) is 0 Å². The predicted octanol–water partition coefficient (Wildman–Crippen LogP) is 5.95. The van der Waals surface area contributed by atoms with E-state index in [1.807, 2.05) is 43.3 Å². The molecule has 5 nitrogen and oxygen atoms in total. The lowest BCUT2D eigenvalue weighted by Crippen LogP contribution is -2.13. The van der Waals surface area contributed by atoms with Crippen molar-refractivity contribution in [2.75, 3.05) is 5.32 Å². The molecule has 4 rings (SSSR count). The van der Waals surface area contributed by atoms with Crippen LogP contribution in [0.1, 0.15) is 38.3 Å². The molecule has 2 heterocycles. The Kier molecular flexibility index (Phi) is 7.33. The molecule has 4 aromatic rings. The summed E-state index contributed by atoms with van der Waals surface area (Å²) in [6.07, 6.45) is 5.91. The van der Waals surface area contributed by atoms with Crippen LogP contribution in [-0.4, -0.2) is 15.9 Å². The van der Waals surface area contributed by atoms with Crippen LogP contribution in [0, 0.1) is 6.92 Å². The van der Waals surface area contributed by atoms with E-state index in [1.54, 1.807) is 42.9 Å². The molecule has 2 aromatic carbocycles. The minimum absolute atomic E-state index is 0.168. The predicted molar refractivity (Wildman–Crippen MR) is 131 cm³/mol. The van der Waals surface area contributed by atoms with E-state index < -0.39 is 0 Å². The molecule has 2 aromatic heterocycles. The van der Waals surface area contributed by atoms with Gasteiger partial charge in [-0.25, -0.2) is 0 Å². The number of amides is 1. The molecule has 0 spiro atoms. The van der Waals surface area contributed by atoms with Crippen LogP contribution < -0.4 is 10.1 Å². The molecule has 1 amide bonds. The number of pyridine rings is 2. The lowest BCUT2D eigenvalue weighted by atomic mass is 10.0. The second kappa shape index (κ2) is 10.7. The number of rotatable bonds is 8. The van der Waals surface area contributed by atoms with E-state index in [0.717, 1.165) is 33.6 Å². The highest BCUT2D eigenvalue weighted by atomic mass is 35.5. The number of hydrogen-bond donors (Lipinski definition) is 1. The molecular weight excluding hydrogens is 434 g/mol. The van der Waals surface area contributed by atoms with Crippen LogP contribution in [-0.2, 0) is 18.9 Å². The maximum atomic E-state index is 12.8. The van der Waals surface area contributed by atoms with Gasteiger partial charge in [-0.2, -0.15) is 0 Å². The molecule has 0 radical (unpaired) electrons. The lowest BCUT2D eigenvalue weighted by molar-refractivity contribution is 0.102. The number of carbonyl (C=O) groups excluding carboxylic acids is 1. The SMILES string of the molecule is Cc1c(Cc2cc(CCl)ccn2)cccc1NC(=O)c1ccc(OCc2ccncc2)cc1. The van der Waals surface area contributed by atoms with Crippen molar-refractivity contribution in [3.63, 3.8) is 0 Å². The van der Waals surface area contributed by atoms with Gasteiger partial charge < -0.3 is 10.1 Å². The van der Waals surface area contributed by atoms with Crippen LogP contribution in [0.25, 0.3) is 0 Å². The molecule has 1 N–H and O–H groups in total. The molecule has 0 bridgehead atoms. The van der Waals surface area contributed by atoms with Gasteiger partial charge >= 0.3 is 0 Å². The van der Waals surface area contributed by atoms with Crippen LogP contribution in [0.2, 0.25) is 0 Å². The van der Waals surface area contributed by atoms with Gasteiger partial charge in [0.1, 0.15) is 12.4 Å². The van der Waals surface area contributed by atoms with Crippen molar-refractivity contribution in [2.24, 2.45) is 0 Å². The minimum Gasteiger partial charge on any atom is -0.489 e. The Morgan fingerprint density at radius 2 is 1.73 bits per heavy atom. The van der Waals surface area contributed by atoms with Crippen LogP contribution in [0.15, 0.2) is 85.3 Å². The summed E-state index contributed by atoms with van der Waals surface area (Å²) in [5, 5.41) is 3.02. The molecular formula is C27H24ClN3O2. The highest BCUT2D eigenvalue weighted by Gasteiger charge is 2.11. The first-order valence-electron chi connectivity index (χ1n) is 10.6. The monoisotopic (exact) mass is 457 g/mol. The van der Waals surface area contributed by atoms with Gasteiger partial charge in [-0.05, 0) is 83.8 Å². The fraction of sp³-hybridized carbons (Fsp3) is 0.148. The summed E-state index contributed by atoms with van der Waals surface area (Å²) in [7, 11) is 0. The van der Waals surface area contributed by atoms with Gasteiger partial charge in [-0.15, -0.1) is 11.6 Å². The zero-order valence-corrected chi connectivity index (χ0v) is 19.0. The normalized spacial score (nSPS) is 10.6. The molecule has 6 heteroatoms. The van der Waals surface area contributed by atoms with Gasteiger partial charge in [0.25, 0.3) is 5.91 Å². The number of alkyl halides is 1. The molecule has 33 heavy (non-hydrogen) atoms. The van der Waals surface area contributed by atoms with Gasteiger partial charge in [-0.3, -0.25) is 14.8 Å². The van der Waals surface area contributed by atoms with E-state index >= 15 is 0 Å². The number of halogens is 1. The lowest BCUT2D eigenvalue weighted by Gasteiger charge is -2.13. The topological polar surface area (TPSA) is 64.1 Å². The van der Waals surface area contributed by atoms with E-state index in [0.29, 0.717) is 30.2 Å². The standard InChI is InChI=1S/C27H24ClN3O2/c1-19-23(16-24-15-21(17-28)11-14-30-24)3-2-4-26(19)31-27(32)22-5-7-25(8-6-22)33-18-20-9-12-29-13-10-20/h2-15H,16-18H2,1H3,(H,31,32). The van der Waals surface area contributed by atoms with E-state index in [4.69, 9.17) is 16.3 Å². The van der Waals surface area contributed by atoms with Crippen molar-refractivity contribution in [1.82, 2.24) is 9.97 Å². The second-order valence-corrected chi connectivity index (χ2v) is 7.95. The first-order chi connectivity index (χ1) is 16.1. The average Bonchev–Trinajstić information content (AvgIpc) is 2.86. The smallest absolute Gasteiger partial charge is 0.255 e. The minimum atomic E-state index is -0.168. The van der Waals surface area contributed by atoms with Crippen LogP contribution in [0.5, 0.6) is 5.75 Å². The number of aromatic nitrogens is 2. The summed E-state index contributed by atoms with van der Waals surface area (Å²) in [6.45, 7) is 2.45. The Bertz CT molecular complexity index is 1230. The van der Waals surface area contributed by atoms with E-state index in [1.165, 1.54) is 0 Å². The van der Waals surface area contributed by atoms with E-state index in [9.17, 15) is 4.79 Å². The third kappa shape index (κ3) is 5.96. The quantitative estimate of drug-likeness (QED) is 0.332. The van der Waals surface area contributed by atoms with Crippen molar-refractivity contribution in [1.29, 1.82) is 0 Å². The third-order valence-electron chi connectivity index (χ3n) is 5.37. The van der Waals surface area contributed by atoms with E-state index in [2.05, 4.69) is 21.4 Å². The van der Waals surface area contributed by atoms with Gasteiger partial charge in [0.05, 0.1) is 0 Å².